The average molecular weight is 447 g/mol. The first kappa shape index (κ1) is 20.3. The zero-order valence-electron chi connectivity index (χ0n) is 18.0. The molecule has 1 aliphatic rings. The Morgan fingerprint density at radius 3 is 2.41 bits per heavy atom. The third kappa shape index (κ3) is 3.26. The number of aromatic nitrogens is 2. The van der Waals surface area contributed by atoms with Crippen LogP contribution in [0.3, 0.4) is 0 Å². The summed E-state index contributed by atoms with van der Waals surface area (Å²) in [6.45, 7) is 0.609. The standard InChI is InChI=1S/C25H22N2O4S/c1-29-19-12-15(13-20(30-2)22(19)31-3)11-17-9-10-27-23(17)26-24-21(25(27)28)18(14-32-24)16-7-5-4-6-8-16/h4-8,11-14H,9-10H2,1-3H3/b17-11+. The smallest absolute Gasteiger partial charge is 0.263 e. The number of allylic oxidation sites excluding steroid dienone is 1. The molecule has 0 spiro atoms. The fourth-order valence-corrected chi connectivity index (χ4v) is 5.11. The fraction of sp³-hybridized carbons (Fsp3) is 0.200. The SMILES string of the molecule is COc1cc(/C=C2\CCn3c2nc2scc(-c4ccccc4)c2c3=O)cc(OC)c1OC. The summed E-state index contributed by atoms with van der Waals surface area (Å²) in [5, 5.41) is 2.71. The molecule has 0 saturated carbocycles. The monoisotopic (exact) mass is 446 g/mol. The minimum atomic E-state index is 0.0124. The van der Waals surface area contributed by atoms with Crippen LogP contribution < -0.4 is 19.8 Å². The fourth-order valence-electron chi connectivity index (χ4n) is 4.17. The summed E-state index contributed by atoms with van der Waals surface area (Å²) >= 11 is 1.51. The van der Waals surface area contributed by atoms with Crippen molar-refractivity contribution in [3.05, 3.63) is 69.6 Å². The minimum Gasteiger partial charge on any atom is -0.493 e. The molecule has 0 atom stereocenters. The molecule has 7 heteroatoms. The highest BCUT2D eigenvalue weighted by Crippen LogP contribution is 2.40. The van der Waals surface area contributed by atoms with E-state index in [9.17, 15) is 4.79 Å². The van der Waals surface area contributed by atoms with Gasteiger partial charge in [-0.3, -0.25) is 9.36 Å². The molecule has 1 aliphatic heterocycles. The molecular formula is C25H22N2O4S. The number of thiophene rings is 1. The highest BCUT2D eigenvalue weighted by Gasteiger charge is 2.24. The van der Waals surface area contributed by atoms with E-state index in [0.29, 0.717) is 29.2 Å². The topological polar surface area (TPSA) is 62.6 Å². The normalized spacial score (nSPS) is 14.0. The van der Waals surface area contributed by atoms with Gasteiger partial charge in [-0.2, -0.15) is 0 Å². The molecule has 32 heavy (non-hydrogen) atoms. The average Bonchev–Trinajstić information content (AvgIpc) is 3.44. The van der Waals surface area contributed by atoms with Gasteiger partial charge in [-0.05, 0) is 41.3 Å². The van der Waals surface area contributed by atoms with E-state index >= 15 is 0 Å². The lowest BCUT2D eigenvalue weighted by molar-refractivity contribution is 0.324. The molecule has 3 heterocycles. The molecule has 0 aliphatic carbocycles. The van der Waals surface area contributed by atoms with Gasteiger partial charge in [-0.15, -0.1) is 11.3 Å². The summed E-state index contributed by atoms with van der Waals surface area (Å²) in [5.74, 6) is 2.44. The predicted molar refractivity (Wildman–Crippen MR) is 128 cm³/mol. The van der Waals surface area contributed by atoms with Crippen molar-refractivity contribution >= 4 is 33.2 Å². The molecule has 0 radical (unpaired) electrons. The van der Waals surface area contributed by atoms with Crippen LogP contribution in [0.1, 0.15) is 17.8 Å². The van der Waals surface area contributed by atoms with Gasteiger partial charge < -0.3 is 14.2 Å². The van der Waals surface area contributed by atoms with Gasteiger partial charge in [0.1, 0.15) is 10.7 Å². The molecule has 162 valence electrons. The Hall–Kier alpha value is -3.58. The molecule has 5 rings (SSSR count). The van der Waals surface area contributed by atoms with Gasteiger partial charge in [-0.1, -0.05) is 30.3 Å². The van der Waals surface area contributed by atoms with Gasteiger partial charge in [0.15, 0.2) is 11.5 Å². The molecular weight excluding hydrogens is 424 g/mol. The van der Waals surface area contributed by atoms with E-state index in [1.807, 2.05) is 53.9 Å². The van der Waals surface area contributed by atoms with Crippen LogP contribution in [0, 0.1) is 0 Å². The first-order chi connectivity index (χ1) is 15.6. The van der Waals surface area contributed by atoms with Crippen LogP contribution in [-0.2, 0) is 6.54 Å². The Morgan fingerprint density at radius 2 is 1.75 bits per heavy atom. The van der Waals surface area contributed by atoms with Crippen molar-refractivity contribution in [2.45, 2.75) is 13.0 Å². The quantitative estimate of drug-likeness (QED) is 0.427. The van der Waals surface area contributed by atoms with Gasteiger partial charge in [0, 0.05) is 17.5 Å². The van der Waals surface area contributed by atoms with Crippen molar-refractivity contribution < 1.29 is 14.2 Å². The minimum absolute atomic E-state index is 0.0124. The maximum atomic E-state index is 13.4. The van der Waals surface area contributed by atoms with Crippen LogP contribution >= 0.6 is 11.3 Å². The van der Waals surface area contributed by atoms with Crippen molar-refractivity contribution in [1.29, 1.82) is 0 Å². The number of benzene rings is 2. The van der Waals surface area contributed by atoms with Crippen molar-refractivity contribution in [2.75, 3.05) is 21.3 Å². The van der Waals surface area contributed by atoms with E-state index in [2.05, 4.69) is 0 Å². The Bertz CT molecular complexity index is 1380. The first-order valence-corrected chi connectivity index (χ1v) is 11.1. The number of hydrogen-bond acceptors (Lipinski definition) is 6. The van der Waals surface area contributed by atoms with Crippen LogP contribution in [0.25, 0.3) is 33.0 Å². The second kappa shape index (κ2) is 8.16. The van der Waals surface area contributed by atoms with E-state index in [4.69, 9.17) is 19.2 Å². The molecule has 2 aromatic carbocycles. The van der Waals surface area contributed by atoms with Gasteiger partial charge in [0.05, 0.1) is 26.7 Å². The molecule has 4 aromatic rings. The van der Waals surface area contributed by atoms with Crippen molar-refractivity contribution in [3.63, 3.8) is 0 Å². The molecule has 0 saturated heterocycles. The first-order valence-electron chi connectivity index (χ1n) is 10.2. The van der Waals surface area contributed by atoms with Crippen LogP contribution in [-0.4, -0.2) is 30.9 Å². The van der Waals surface area contributed by atoms with Crippen molar-refractivity contribution in [1.82, 2.24) is 9.55 Å². The van der Waals surface area contributed by atoms with Gasteiger partial charge >= 0.3 is 0 Å². The third-order valence-corrected chi connectivity index (χ3v) is 6.57. The molecule has 0 unspecified atom stereocenters. The lowest BCUT2D eigenvalue weighted by Crippen LogP contribution is -2.20. The second-order valence-electron chi connectivity index (χ2n) is 7.47. The maximum absolute atomic E-state index is 13.4. The molecule has 0 N–H and O–H groups in total. The van der Waals surface area contributed by atoms with E-state index < -0.39 is 0 Å². The van der Waals surface area contributed by atoms with Crippen LogP contribution in [0.4, 0.5) is 0 Å². The number of fused-ring (bicyclic) bond motifs is 2. The zero-order valence-corrected chi connectivity index (χ0v) is 18.9. The maximum Gasteiger partial charge on any atom is 0.263 e. The largest absolute Gasteiger partial charge is 0.493 e. The Balaban J connectivity index is 1.63. The van der Waals surface area contributed by atoms with Crippen LogP contribution in [0.15, 0.2) is 52.6 Å². The zero-order chi connectivity index (χ0) is 22.2. The number of methoxy groups -OCH3 is 3. The van der Waals surface area contributed by atoms with E-state index in [-0.39, 0.29) is 5.56 Å². The summed E-state index contributed by atoms with van der Waals surface area (Å²) in [4.78, 5) is 19.1. The highest BCUT2D eigenvalue weighted by atomic mass is 32.1. The van der Waals surface area contributed by atoms with Crippen molar-refractivity contribution in [3.8, 4) is 28.4 Å². The molecule has 6 nitrogen and oxygen atoms in total. The van der Waals surface area contributed by atoms with Crippen LogP contribution in [0.5, 0.6) is 17.2 Å². The summed E-state index contributed by atoms with van der Waals surface area (Å²) in [6, 6.07) is 13.8. The summed E-state index contributed by atoms with van der Waals surface area (Å²) in [7, 11) is 4.77. The Labute approximate surface area is 189 Å². The summed E-state index contributed by atoms with van der Waals surface area (Å²) in [5.41, 5.74) is 3.89. The van der Waals surface area contributed by atoms with E-state index in [0.717, 1.165) is 39.3 Å². The molecule has 0 bridgehead atoms. The molecule has 0 amide bonds. The Kier molecular flexibility index (Phi) is 5.19. The number of rotatable bonds is 5. The van der Waals surface area contributed by atoms with Gasteiger partial charge in [0.25, 0.3) is 5.56 Å². The molecule has 2 aromatic heterocycles. The third-order valence-electron chi connectivity index (χ3n) is 5.70. The number of nitrogens with zero attached hydrogens (tertiary/aromatic N) is 2. The lowest BCUT2D eigenvalue weighted by atomic mass is 10.1. The van der Waals surface area contributed by atoms with E-state index in [1.165, 1.54) is 11.3 Å². The van der Waals surface area contributed by atoms with Crippen molar-refractivity contribution in [2.24, 2.45) is 0 Å². The molecule has 0 fully saturated rings. The predicted octanol–water partition coefficient (Wildman–Crippen LogP) is 5.10. The van der Waals surface area contributed by atoms with Gasteiger partial charge in [-0.25, -0.2) is 4.98 Å². The van der Waals surface area contributed by atoms with Gasteiger partial charge in [0.2, 0.25) is 5.75 Å². The second-order valence-corrected chi connectivity index (χ2v) is 8.32. The van der Waals surface area contributed by atoms with Crippen LogP contribution in [0.2, 0.25) is 0 Å². The number of ether oxygens (including phenoxy) is 3. The number of hydrogen-bond donors (Lipinski definition) is 0. The summed E-state index contributed by atoms with van der Waals surface area (Å²) < 4.78 is 18.1. The summed E-state index contributed by atoms with van der Waals surface area (Å²) in [6.07, 6.45) is 2.77. The highest BCUT2D eigenvalue weighted by molar-refractivity contribution is 7.17. The lowest BCUT2D eigenvalue weighted by Gasteiger charge is -2.13. The Morgan fingerprint density at radius 1 is 1.03 bits per heavy atom. The van der Waals surface area contributed by atoms with E-state index in [1.54, 1.807) is 25.9 Å².